The highest BCUT2D eigenvalue weighted by molar-refractivity contribution is 7.89. The Morgan fingerprint density at radius 2 is 2.19 bits per heavy atom. The summed E-state index contributed by atoms with van der Waals surface area (Å²) in [4.78, 5) is 11.9. The number of nitrogens with zero attached hydrogens (tertiary/aromatic N) is 3. The highest BCUT2D eigenvalue weighted by Crippen LogP contribution is 2.25. The molecule has 2 heterocycles. The Labute approximate surface area is 121 Å². The van der Waals surface area contributed by atoms with E-state index in [1.54, 1.807) is 0 Å². The van der Waals surface area contributed by atoms with Gasteiger partial charge in [0.1, 0.15) is 0 Å². The minimum atomic E-state index is -3.43. The maximum absolute atomic E-state index is 12.7. The van der Waals surface area contributed by atoms with Gasteiger partial charge in [-0.05, 0) is 12.8 Å². The van der Waals surface area contributed by atoms with Crippen LogP contribution in [-0.2, 0) is 21.9 Å². The molecule has 1 saturated heterocycles. The van der Waals surface area contributed by atoms with Crippen LogP contribution in [0.25, 0.3) is 0 Å². The number of sulfonamides is 1. The van der Waals surface area contributed by atoms with Crippen molar-refractivity contribution in [2.75, 3.05) is 24.2 Å². The minimum absolute atomic E-state index is 0.00938. The SMILES string of the molecule is Cn1cc(NC(=O)CN2CCCCS2(=O)=O)c(C(F)F)n1. The second kappa shape index (κ2) is 6.06. The number of carbonyl (C=O) groups is 1. The van der Waals surface area contributed by atoms with Gasteiger partial charge in [-0.15, -0.1) is 0 Å². The van der Waals surface area contributed by atoms with E-state index in [2.05, 4.69) is 10.4 Å². The first kappa shape index (κ1) is 15.8. The van der Waals surface area contributed by atoms with Crippen LogP contribution in [0.15, 0.2) is 6.20 Å². The van der Waals surface area contributed by atoms with E-state index < -0.39 is 28.0 Å². The van der Waals surface area contributed by atoms with Crippen molar-refractivity contribution in [3.8, 4) is 0 Å². The predicted molar refractivity (Wildman–Crippen MR) is 71.4 cm³/mol. The van der Waals surface area contributed by atoms with Gasteiger partial charge in [0.2, 0.25) is 15.9 Å². The molecule has 0 bridgehead atoms. The fraction of sp³-hybridized carbons (Fsp3) is 0.636. The summed E-state index contributed by atoms with van der Waals surface area (Å²) in [6.45, 7) is -0.107. The van der Waals surface area contributed by atoms with Gasteiger partial charge in [-0.2, -0.15) is 9.40 Å². The molecule has 0 saturated carbocycles. The van der Waals surface area contributed by atoms with Crippen molar-refractivity contribution in [2.45, 2.75) is 19.3 Å². The Morgan fingerprint density at radius 3 is 2.81 bits per heavy atom. The molecule has 1 amide bonds. The third-order valence-corrected chi connectivity index (χ3v) is 5.01. The normalized spacial score (nSPS) is 18.9. The summed E-state index contributed by atoms with van der Waals surface area (Å²) in [5.74, 6) is -0.648. The second-order valence-electron chi connectivity index (χ2n) is 4.81. The van der Waals surface area contributed by atoms with Crippen LogP contribution < -0.4 is 5.32 Å². The van der Waals surface area contributed by atoms with Crippen LogP contribution in [0.2, 0.25) is 0 Å². The highest BCUT2D eigenvalue weighted by Gasteiger charge is 2.28. The summed E-state index contributed by atoms with van der Waals surface area (Å²) in [5.41, 5.74) is -0.640. The van der Waals surface area contributed by atoms with Crippen LogP contribution >= 0.6 is 0 Å². The van der Waals surface area contributed by atoms with Gasteiger partial charge < -0.3 is 5.32 Å². The van der Waals surface area contributed by atoms with Gasteiger partial charge in [0.05, 0.1) is 18.0 Å². The number of alkyl halides is 2. The molecular formula is C11H16F2N4O3S. The van der Waals surface area contributed by atoms with Crippen molar-refractivity contribution in [1.29, 1.82) is 0 Å². The highest BCUT2D eigenvalue weighted by atomic mass is 32.2. The maximum atomic E-state index is 12.7. The number of carbonyl (C=O) groups excluding carboxylic acids is 1. The fourth-order valence-electron chi connectivity index (χ4n) is 2.13. The van der Waals surface area contributed by atoms with Crippen molar-refractivity contribution >= 4 is 21.6 Å². The third-order valence-electron chi connectivity index (χ3n) is 3.11. The monoisotopic (exact) mass is 322 g/mol. The summed E-state index contributed by atoms with van der Waals surface area (Å²) in [5, 5.41) is 5.85. The van der Waals surface area contributed by atoms with E-state index in [-0.39, 0.29) is 24.5 Å². The topological polar surface area (TPSA) is 84.3 Å². The van der Waals surface area contributed by atoms with E-state index in [0.29, 0.717) is 12.8 Å². The molecule has 0 radical (unpaired) electrons. The number of rotatable bonds is 4. The number of amides is 1. The van der Waals surface area contributed by atoms with Crippen LogP contribution in [-0.4, -0.2) is 47.3 Å². The van der Waals surface area contributed by atoms with Gasteiger partial charge in [-0.3, -0.25) is 9.48 Å². The number of hydrogen-bond donors (Lipinski definition) is 1. The first-order chi connectivity index (χ1) is 9.79. The van der Waals surface area contributed by atoms with E-state index in [1.807, 2.05) is 0 Å². The summed E-state index contributed by atoms with van der Waals surface area (Å²) >= 11 is 0. The van der Waals surface area contributed by atoms with E-state index in [9.17, 15) is 22.0 Å². The summed E-state index contributed by atoms with van der Waals surface area (Å²) in [7, 11) is -1.97. The lowest BCUT2D eigenvalue weighted by molar-refractivity contribution is -0.116. The lowest BCUT2D eigenvalue weighted by atomic mass is 10.3. The molecule has 10 heteroatoms. The molecule has 1 aromatic rings. The van der Waals surface area contributed by atoms with E-state index >= 15 is 0 Å². The van der Waals surface area contributed by atoms with Crippen molar-refractivity contribution in [2.24, 2.45) is 7.05 Å². The first-order valence-corrected chi connectivity index (χ1v) is 8.00. The summed E-state index contributed by atoms with van der Waals surface area (Å²) in [6, 6.07) is 0. The Bertz CT molecular complexity index is 629. The van der Waals surface area contributed by atoms with Gasteiger partial charge in [0.15, 0.2) is 5.69 Å². The average molecular weight is 322 g/mol. The number of hydrogen-bond acceptors (Lipinski definition) is 4. The van der Waals surface area contributed by atoms with Crippen LogP contribution in [0, 0.1) is 0 Å². The molecule has 1 aliphatic rings. The largest absolute Gasteiger partial charge is 0.322 e. The van der Waals surface area contributed by atoms with Crippen molar-refractivity contribution in [3.63, 3.8) is 0 Å². The molecule has 0 spiro atoms. The zero-order valence-corrected chi connectivity index (χ0v) is 12.2. The Hall–Kier alpha value is -1.55. The number of nitrogens with one attached hydrogen (secondary N) is 1. The summed E-state index contributed by atoms with van der Waals surface area (Å²) < 4.78 is 51.2. The third kappa shape index (κ3) is 3.76. The molecule has 1 N–H and O–H groups in total. The Morgan fingerprint density at radius 1 is 1.48 bits per heavy atom. The molecular weight excluding hydrogens is 306 g/mol. The Kier molecular flexibility index (Phi) is 4.57. The molecule has 21 heavy (non-hydrogen) atoms. The number of anilines is 1. The molecule has 1 aliphatic heterocycles. The smallest absolute Gasteiger partial charge is 0.284 e. The molecule has 2 rings (SSSR count). The van der Waals surface area contributed by atoms with Crippen LogP contribution in [0.3, 0.4) is 0 Å². The lowest BCUT2D eigenvalue weighted by Crippen LogP contribution is -2.42. The zero-order chi connectivity index (χ0) is 15.6. The van der Waals surface area contributed by atoms with E-state index in [4.69, 9.17) is 0 Å². The van der Waals surface area contributed by atoms with Crippen LogP contribution in [0.1, 0.15) is 25.0 Å². The Balaban J connectivity index is 2.05. The molecule has 0 aliphatic carbocycles. The number of aryl methyl sites for hydroxylation is 1. The molecule has 0 aromatic carbocycles. The number of halogens is 2. The molecule has 0 unspecified atom stereocenters. The van der Waals surface area contributed by atoms with Crippen molar-refractivity contribution in [3.05, 3.63) is 11.9 Å². The molecule has 0 atom stereocenters. The molecule has 118 valence electrons. The summed E-state index contributed by atoms with van der Waals surface area (Å²) in [6.07, 6.45) is -0.315. The number of aromatic nitrogens is 2. The van der Waals surface area contributed by atoms with Gasteiger partial charge in [0, 0.05) is 19.8 Å². The molecule has 1 aromatic heterocycles. The first-order valence-electron chi connectivity index (χ1n) is 6.39. The van der Waals surface area contributed by atoms with Crippen LogP contribution in [0.4, 0.5) is 14.5 Å². The predicted octanol–water partition coefficient (Wildman–Crippen LogP) is 0.722. The van der Waals surface area contributed by atoms with Crippen molar-refractivity contribution < 1.29 is 22.0 Å². The molecule has 1 fully saturated rings. The van der Waals surface area contributed by atoms with Crippen LogP contribution in [0.5, 0.6) is 0 Å². The quantitative estimate of drug-likeness (QED) is 0.885. The van der Waals surface area contributed by atoms with Gasteiger partial charge in [-0.1, -0.05) is 0 Å². The minimum Gasteiger partial charge on any atom is -0.322 e. The van der Waals surface area contributed by atoms with Gasteiger partial charge >= 0.3 is 0 Å². The second-order valence-corrected chi connectivity index (χ2v) is 6.90. The average Bonchev–Trinajstić information content (AvgIpc) is 2.73. The molecule has 7 nitrogen and oxygen atoms in total. The zero-order valence-electron chi connectivity index (χ0n) is 11.4. The van der Waals surface area contributed by atoms with Crippen molar-refractivity contribution in [1.82, 2.24) is 14.1 Å². The van der Waals surface area contributed by atoms with Gasteiger partial charge in [0.25, 0.3) is 6.43 Å². The van der Waals surface area contributed by atoms with Gasteiger partial charge in [-0.25, -0.2) is 17.2 Å². The maximum Gasteiger partial charge on any atom is 0.284 e. The standard InChI is InChI=1S/C11H16F2N4O3S/c1-16-6-8(10(15-16)11(12)13)14-9(18)7-17-4-2-3-5-21(17,19)20/h6,11H,2-5,7H2,1H3,(H,14,18). The van der Waals surface area contributed by atoms with E-state index in [0.717, 1.165) is 8.99 Å². The van der Waals surface area contributed by atoms with E-state index in [1.165, 1.54) is 13.2 Å². The fourth-order valence-corrected chi connectivity index (χ4v) is 3.68. The lowest BCUT2D eigenvalue weighted by Gasteiger charge is -2.25.